The lowest BCUT2D eigenvalue weighted by Crippen LogP contribution is -2.20. The summed E-state index contributed by atoms with van der Waals surface area (Å²) in [6, 6.07) is 6.23. The van der Waals surface area contributed by atoms with Crippen LogP contribution in [0.3, 0.4) is 0 Å². The second kappa shape index (κ2) is 7.21. The minimum absolute atomic E-state index is 0.0280. The molecule has 0 aliphatic rings. The lowest BCUT2D eigenvalue weighted by molar-refractivity contribution is -0.116. The standard InChI is InChI=1S/C13H13F2NO2/c1-2-9-16-12(17)8-7-10-5-3-4-6-11(10)18-13(14)15/h2-8,13H,1,9H2,(H,16,17)/b8-7+. The summed E-state index contributed by atoms with van der Waals surface area (Å²) in [6.07, 6.45) is 4.20. The highest BCUT2D eigenvalue weighted by molar-refractivity contribution is 5.92. The Balaban J connectivity index is 2.74. The number of carbonyl (C=O) groups is 1. The molecule has 96 valence electrons. The molecule has 5 heteroatoms. The zero-order valence-electron chi connectivity index (χ0n) is 9.61. The van der Waals surface area contributed by atoms with Crippen LogP contribution in [0.25, 0.3) is 6.08 Å². The van der Waals surface area contributed by atoms with E-state index in [9.17, 15) is 13.6 Å². The molecular weight excluding hydrogens is 240 g/mol. The van der Waals surface area contributed by atoms with Gasteiger partial charge in [-0.3, -0.25) is 4.79 Å². The Kier molecular flexibility index (Phi) is 5.57. The Bertz CT molecular complexity index is 444. The zero-order valence-corrected chi connectivity index (χ0v) is 9.61. The van der Waals surface area contributed by atoms with Crippen LogP contribution in [0, 0.1) is 0 Å². The number of alkyl halides is 2. The number of para-hydroxylation sites is 1. The fraction of sp³-hybridized carbons (Fsp3) is 0.154. The van der Waals surface area contributed by atoms with Crippen molar-refractivity contribution in [2.45, 2.75) is 6.61 Å². The summed E-state index contributed by atoms with van der Waals surface area (Å²) >= 11 is 0. The molecule has 0 aliphatic carbocycles. The Labute approximate surface area is 104 Å². The number of nitrogens with one attached hydrogen (secondary N) is 1. The first-order valence-corrected chi connectivity index (χ1v) is 5.24. The summed E-state index contributed by atoms with van der Waals surface area (Å²) < 4.78 is 28.6. The third-order valence-electron chi connectivity index (χ3n) is 1.97. The highest BCUT2D eigenvalue weighted by atomic mass is 19.3. The summed E-state index contributed by atoms with van der Waals surface area (Å²) in [5, 5.41) is 2.53. The smallest absolute Gasteiger partial charge is 0.387 e. The largest absolute Gasteiger partial charge is 0.434 e. The monoisotopic (exact) mass is 253 g/mol. The molecule has 0 fully saturated rings. The van der Waals surface area contributed by atoms with Gasteiger partial charge in [-0.2, -0.15) is 8.78 Å². The Morgan fingerprint density at radius 2 is 2.17 bits per heavy atom. The van der Waals surface area contributed by atoms with Gasteiger partial charge < -0.3 is 10.1 Å². The van der Waals surface area contributed by atoms with E-state index in [-0.39, 0.29) is 11.7 Å². The summed E-state index contributed by atoms with van der Waals surface area (Å²) in [5.41, 5.74) is 0.409. The topological polar surface area (TPSA) is 38.3 Å². The Morgan fingerprint density at radius 1 is 1.44 bits per heavy atom. The number of rotatable bonds is 6. The lowest BCUT2D eigenvalue weighted by atomic mass is 10.2. The van der Waals surface area contributed by atoms with Crippen molar-refractivity contribution in [1.82, 2.24) is 5.32 Å². The summed E-state index contributed by atoms with van der Waals surface area (Å²) in [4.78, 5) is 11.3. The lowest BCUT2D eigenvalue weighted by Gasteiger charge is -2.07. The summed E-state index contributed by atoms with van der Waals surface area (Å²) in [5.74, 6) is -0.304. The van der Waals surface area contributed by atoms with Crippen molar-refractivity contribution in [2.24, 2.45) is 0 Å². The minimum atomic E-state index is -2.89. The SMILES string of the molecule is C=CCNC(=O)/C=C/c1ccccc1OC(F)F. The van der Waals surface area contributed by atoms with Crippen LogP contribution in [0.15, 0.2) is 43.0 Å². The van der Waals surface area contributed by atoms with Gasteiger partial charge >= 0.3 is 6.61 Å². The van der Waals surface area contributed by atoms with E-state index < -0.39 is 6.61 Å². The van der Waals surface area contributed by atoms with E-state index in [1.54, 1.807) is 24.3 Å². The zero-order chi connectivity index (χ0) is 13.4. The highest BCUT2D eigenvalue weighted by Gasteiger charge is 2.07. The molecular formula is C13H13F2NO2. The van der Waals surface area contributed by atoms with E-state index in [0.717, 1.165) is 0 Å². The number of carbonyl (C=O) groups excluding carboxylic acids is 1. The van der Waals surface area contributed by atoms with Crippen LogP contribution in [0.4, 0.5) is 8.78 Å². The molecule has 1 rings (SSSR count). The fourth-order valence-corrected chi connectivity index (χ4v) is 1.22. The summed E-state index contributed by atoms with van der Waals surface area (Å²) in [6.45, 7) is 0.907. The predicted molar refractivity (Wildman–Crippen MR) is 65.3 cm³/mol. The van der Waals surface area contributed by atoms with Crippen LogP contribution in [0.5, 0.6) is 5.75 Å². The van der Waals surface area contributed by atoms with Crippen LogP contribution in [-0.4, -0.2) is 19.1 Å². The number of hydrogen-bond acceptors (Lipinski definition) is 2. The van der Waals surface area contributed by atoms with E-state index in [1.807, 2.05) is 0 Å². The number of halogens is 2. The van der Waals surface area contributed by atoms with Gasteiger partial charge in [0.25, 0.3) is 0 Å². The molecule has 1 amide bonds. The normalized spacial score (nSPS) is 10.6. The van der Waals surface area contributed by atoms with Crippen LogP contribution >= 0.6 is 0 Å². The van der Waals surface area contributed by atoms with Crippen LogP contribution in [0.2, 0.25) is 0 Å². The van der Waals surface area contributed by atoms with Crippen molar-refractivity contribution in [3.05, 3.63) is 48.6 Å². The maximum absolute atomic E-state index is 12.1. The van der Waals surface area contributed by atoms with Gasteiger partial charge in [-0.1, -0.05) is 24.3 Å². The van der Waals surface area contributed by atoms with Gasteiger partial charge in [0.2, 0.25) is 5.91 Å². The second-order valence-electron chi connectivity index (χ2n) is 3.28. The quantitative estimate of drug-likeness (QED) is 0.625. The molecule has 0 radical (unpaired) electrons. The molecule has 0 heterocycles. The van der Waals surface area contributed by atoms with E-state index in [4.69, 9.17) is 0 Å². The number of amides is 1. The van der Waals surface area contributed by atoms with Gasteiger partial charge in [0.1, 0.15) is 5.75 Å². The van der Waals surface area contributed by atoms with Crippen molar-refractivity contribution in [3.63, 3.8) is 0 Å². The van der Waals surface area contributed by atoms with Gasteiger partial charge in [0.05, 0.1) is 0 Å². The van der Waals surface area contributed by atoms with Gasteiger partial charge in [-0.05, 0) is 12.1 Å². The molecule has 1 aromatic carbocycles. The summed E-state index contributed by atoms with van der Waals surface area (Å²) in [7, 11) is 0. The van der Waals surface area contributed by atoms with Gasteiger partial charge in [-0.25, -0.2) is 0 Å². The van der Waals surface area contributed by atoms with Crippen LogP contribution < -0.4 is 10.1 Å². The molecule has 3 nitrogen and oxygen atoms in total. The number of hydrogen-bond donors (Lipinski definition) is 1. The van der Waals surface area contributed by atoms with Crippen LogP contribution in [-0.2, 0) is 4.79 Å². The van der Waals surface area contributed by atoms with Crippen molar-refractivity contribution < 1.29 is 18.3 Å². The van der Waals surface area contributed by atoms with E-state index in [0.29, 0.717) is 12.1 Å². The molecule has 0 saturated carbocycles. The predicted octanol–water partition coefficient (Wildman–Crippen LogP) is 2.60. The molecule has 0 aliphatic heterocycles. The first kappa shape index (κ1) is 13.9. The first-order chi connectivity index (χ1) is 8.63. The molecule has 18 heavy (non-hydrogen) atoms. The Morgan fingerprint density at radius 3 is 2.83 bits per heavy atom. The average molecular weight is 253 g/mol. The van der Waals surface area contributed by atoms with E-state index >= 15 is 0 Å². The number of ether oxygens (including phenoxy) is 1. The third kappa shape index (κ3) is 4.78. The van der Waals surface area contributed by atoms with E-state index in [1.165, 1.54) is 18.2 Å². The Hall–Kier alpha value is -2.17. The molecule has 0 aromatic heterocycles. The third-order valence-corrected chi connectivity index (χ3v) is 1.97. The molecule has 0 spiro atoms. The van der Waals surface area contributed by atoms with Gasteiger partial charge in [0.15, 0.2) is 0 Å². The van der Waals surface area contributed by atoms with Crippen molar-refractivity contribution in [3.8, 4) is 5.75 Å². The highest BCUT2D eigenvalue weighted by Crippen LogP contribution is 2.21. The van der Waals surface area contributed by atoms with Crippen molar-refractivity contribution in [2.75, 3.05) is 6.54 Å². The van der Waals surface area contributed by atoms with Crippen molar-refractivity contribution in [1.29, 1.82) is 0 Å². The van der Waals surface area contributed by atoms with Gasteiger partial charge in [0, 0.05) is 18.2 Å². The first-order valence-electron chi connectivity index (χ1n) is 5.24. The number of benzene rings is 1. The van der Waals surface area contributed by atoms with Gasteiger partial charge in [-0.15, -0.1) is 6.58 Å². The second-order valence-corrected chi connectivity index (χ2v) is 3.28. The average Bonchev–Trinajstić information content (AvgIpc) is 2.34. The molecule has 0 atom stereocenters. The minimum Gasteiger partial charge on any atom is -0.434 e. The van der Waals surface area contributed by atoms with E-state index in [2.05, 4.69) is 16.6 Å². The maximum atomic E-state index is 12.1. The molecule has 1 N–H and O–H groups in total. The molecule has 1 aromatic rings. The molecule has 0 bridgehead atoms. The fourth-order valence-electron chi connectivity index (χ4n) is 1.22. The molecule has 0 saturated heterocycles. The van der Waals surface area contributed by atoms with Crippen molar-refractivity contribution >= 4 is 12.0 Å². The maximum Gasteiger partial charge on any atom is 0.387 e. The van der Waals surface area contributed by atoms with Crippen LogP contribution in [0.1, 0.15) is 5.56 Å². The molecule has 0 unspecified atom stereocenters.